The summed E-state index contributed by atoms with van der Waals surface area (Å²) in [7, 11) is 0. The Hall–Kier alpha value is -1.81. The van der Waals surface area contributed by atoms with Crippen molar-refractivity contribution in [3.05, 3.63) is 46.5 Å². The molecule has 0 bridgehead atoms. The number of hydrogen-bond acceptors (Lipinski definition) is 3. The van der Waals surface area contributed by atoms with Crippen LogP contribution in [0, 0.1) is 12.7 Å². The highest BCUT2D eigenvalue weighted by Crippen LogP contribution is 2.27. The van der Waals surface area contributed by atoms with Crippen molar-refractivity contribution in [3.63, 3.8) is 0 Å². The Bertz CT molecular complexity index is 680. The molecule has 2 heterocycles. The van der Waals surface area contributed by atoms with Crippen molar-refractivity contribution < 1.29 is 4.39 Å². The molecule has 21 heavy (non-hydrogen) atoms. The van der Waals surface area contributed by atoms with E-state index in [0.717, 1.165) is 36.5 Å². The van der Waals surface area contributed by atoms with Crippen molar-refractivity contribution in [1.29, 1.82) is 0 Å². The van der Waals surface area contributed by atoms with E-state index in [1.54, 1.807) is 13.0 Å². The van der Waals surface area contributed by atoms with Gasteiger partial charge in [-0.3, -0.25) is 0 Å². The Morgan fingerprint density at radius 3 is 2.76 bits per heavy atom. The summed E-state index contributed by atoms with van der Waals surface area (Å²) in [5.74, 6) is 0.756. The Morgan fingerprint density at radius 2 is 2.05 bits per heavy atom. The van der Waals surface area contributed by atoms with E-state index < -0.39 is 0 Å². The van der Waals surface area contributed by atoms with Gasteiger partial charge in [0, 0.05) is 12.1 Å². The first-order valence-corrected chi connectivity index (χ1v) is 7.43. The number of benzene rings is 1. The van der Waals surface area contributed by atoms with E-state index >= 15 is 0 Å². The molecule has 1 aliphatic rings. The highest BCUT2D eigenvalue weighted by molar-refractivity contribution is 5.57. The van der Waals surface area contributed by atoms with Crippen molar-refractivity contribution in [2.45, 2.75) is 39.7 Å². The van der Waals surface area contributed by atoms with Gasteiger partial charge in [-0.15, -0.1) is 0 Å². The molecule has 0 fully saturated rings. The van der Waals surface area contributed by atoms with Crippen LogP contribution in [0.2, 0.25) is 0 Å². The fraction of sp³-hybridized carbons (Fsp3) is 0.412. The number of halogens is 1. The maximum absolute atomic E-state index is 13.8. The van der Waals surface area contributed by atoms with Crippen LogP contribution >= 0.6 is 0 Å². The van der Waals surface area contributed by atoms with Gasteiger partial charge < -0.3 is 5.32 Å². The third kappa shape index (κ3) is 2.68. The second-order valence-corrected chi connectivity index (χ2v) is 5.90. The molecule has 1 N–H and O–H groups in total. The van der Waals surface area contributed by atoms with Crippen molar-refractivity contribution in [1.82, 2.24) is 15.3 Å². The lowest BCUT2D eigenvalue weighted by Gasteiger charge is -2.21. The highest BCUT2D eigenvalue weighted by atomic mass is 19.1. The largest absolute Gasteiger partial charge is 0.311 e. The van der Waals surface area contributed by atoms with Crippen molar-refractivity contribution in [2.24, 2.45) is 0 Å². The van der Waals surface area contributed by atoms with E-state index in [1.807, 2.05) is 6.07 Å². The third-order valence-corrected chi connectivity index (χ3v) is 3.95. The van der Waals surface area contributed by atoms with E-state index in [-0.39, 0.29) is 5.82 Å². The second kappa shape index (κ2) is 5.53. The van der Waals surface area contributed by atoms with Gasteiger partial charge in [-0.1, -0.05) is 26.0 Å². The second-order valence-electron chi connectivity index (χ2n) is 5.90. The van der Waals surface area contributed by atoms with E-state index in [2.05, 4.69) is 24.1 Å². The summed E-state index contributed by atoms with van der Waals surface area (Å²) in [6, 6.07) is 5.19. The highest BCUT2D eigenvalue weighted by Gasteiger charge is 2.20. The molecule has 0 atom stereocenters. The van der Waals surface area contributed by atoms with Crippen LogP contribution in [0.4, 0.5) is 4.39 Å². The Balaban J connectivity index is 2.14. The lowest BCUT2D eigenvalue weighted by molar-refractivity contribution is 0.608. The van der Waals surface area contributed by atoms with Gasteiger partial charge in [-0.25, -0.2) is 14.4 Å². The zero-order valence-electron chi connectivity index (χ0n) is 12.7. The molecule has 0 spiro atoms. The zero-order valence-corrected chi connectivity index (χ0v) is 12.7. The van der Waals surface area contributed by atoms with E-state index in [4.69, 9.17) is 4.98 Å². The number of nitrogens with zero attached hydrogens (tertiary/aromatic N) is 2. The molecule has 110 valence electrons. The van der Waals surface area contributed by atoms with Crippen LogP contribution < -0.4 is 5.32 Å². The first-order chi connectivity index (χ1) is 10.1. The smallest absolute Gasteiger partial charge is 0.159 e. The Morgan fingerprint density at radius 1 is 1.24 bits per heavy atom. The van der Waals surface area contributed by atoms with Gasteiger partial charge in [-0.2, -0.15) is 0 Å². The molecule has 0 amide bonds. The van der Waals surface area contributed by atoms with Crippen LogP contribution in [0.1, 0.15) is 42.3 Å². The zero-order chi connectivity index (χ0) is 15.0. The Labute approximate surface area is 124 Å². The molecular weight excluding hydrogens is 265 g/mol. The van der Waals surface area contributed by atoms with E-state index in [0.29, 0.717) is 17.3 Å². The van der Waals surface area contributed by atoms with Gasteiger partial charge >= 0.3 is 0 Å². The van der Waals surface area contributed by atoms with Gasteiger partial charge in [0.1, 0.15) is 5.82 Å². The lowest BCUT2D eigenvalue weighted by atomic mass is 9.97. The van der Waals surface area contributed by atoms with Crippen molar-refractivity contribution in [2.75, 3.05) is 6.54 Å². The number of hydrogen-bond donors (Lipinski definition) is 1. The molecule has 0 radical (unpaired) electrons. The molecule has 4 heteroatoms. The van der Waals surface area contributed by atoms with Gasteiger partial charge in [-0.05, 0) is 43.0 Å². The Kier molecular flexibility index (Phi) is 3.72. The van der Waals surface area contributed by atoms with Gasteiger partial charge in [0.2, 0.25) is 0 Å². The third-order valence-electron chi connectivity index (χ3n) is 3.95. The molecule has 1 aromatic heterocycles. The molecule has 1 aliphatic heterocycles. The molecule has 0 aliphatic carbocycles. The molecule has 0 saturated heterocycles. The molecular formula is C17H20FN3. The summed E-state index contributed by atoms with van der Waals surface area (Å²) in [5, 5.41) is 3.34. The predicted molar refractivity (Wildman–Crippen MR) is 81.7 cm³/mol. The number of rotatable bonds is 2. The van der Waals surface area contributed by atoms with Gasteiger partial charge in [0.25, 0.3) is 0 Å². The molecule has 3 nitrogen and oxygen atoms in total. The molecule has 3 rings (SSSR count). The summed E-state index contributed by atoms with van der Waals surface area (Å²) >= 11 is 0. The first-order valence-electron chi connectivity index (χ1n) is 7.43. The van der Waals surface area contributed by atoms with Crippen LogP contribution in [-0.4, -0.2) is 16.5 Å². The molecule has 0 unspecified atom stereocenters. The van der Waals surface area contributed by atoms with E-state index in [1.165, 1.54) is 11.6 Å². The number of aromatic nitrogens is 2. The van der Waals surface area contributed by atoms with Gasteiger partial charge in [0.05, 0.1) is 11.4 Å². The maximum Gasteiger partial charge on any atom is 0.159 e. The topological polar surface area (TPSA) is 37.8 Å². The summed E-state index contributed by atoms with van der Waals surface area (Å²) in [4.78, 5) is 9.38. The lowest BCUT2D eigenvalue weighted by Crippen LogP contribution is -2.27. The van der Waals surface area contributed by atoms with Crippen LogP contribution in [0.25, 0.3) is 11.4 Å². The van der Waals surface area contributed by atoms with Crippen LogP contribution in [-0.2, 0) is 13.0 Å². The average molecular weight is 285 g/mol. The summed E-state index contributed by atoms with van der Waals surface area (Å²) in [5.41, 5.74) is 4.80. The first kappa shape index (κ1) is 14.1. The minimum atomic E-state index is -0.210. The number of aryl methyl sites for hydroxylation is 1. The average Bonchev–Trinajstić information content (AvgIpc) is 2.48. The van der Waals surface area contributed by atoms with Crippen LogP contribution in [0.15, 0.2) is 18.2 Å². The summed E-state index contributed by atoms with van der Waals surface area (Å²) < 4.78 is 13.8. The summed E-state index contributed by atoms with van der Waals surface area (Å²) in [6.07, 6.45) is 0.964. The monoisotopic (exact) mass is 285 g/mol. The van der Waals surface area contributed by atoms with E-state index in [9.17, 15) is 4.39 Å². The normalized spacial score (nSPS) is 14.3. The van der Waals surface area contributed by atoms with Crippen LogP contribution in [0.3, 0.4) is 0 Å². The van der Waals surface area contributed by atoms with Crippen molar-refractivity contribution >= 4 is 0 Å². The minimum Gasteiger partial charge on any atom is -0.311 e. The molecule has 1 aromatic carbocycles. The van der Waals surface area contributed by atoms with Crippen molar-refractivity contribution in [3.8, 4) is 11.4 Å². The quantitative estimate of drug-likeness (QED) is 0.919. The standard InChI is InChI=1S/C17H20FN3/c1-10(2)16-13-6-7-19-9-15(13)20-17(21-16)12-5-4-11(3)14(18)8-12/h4-5,8,10,19H,6-7,9H2,1-3H3. The fourth-order valence-electron chi connectivity index (χ4n) is 2.73. The maximum atomic E-state index is 13.8. The van der Waals surface area contributed by atoms with Gasteiger partial charge in [0.15, 0.2) is 5.82 Å². The number of nitrogens with one attached hydrogen (secondary N) is 1. The summed E-state index contributed by atoms with van der Waals surface area (Å²) in [6.45, 7) is 7.78. The fourth-order valence-corrected chi connectivity index (χ4v) is 2.73. The molecule has 2 aromatic rings. The molecule has 0 saturated carbocycles. The number of fused-ring (bicyclic) bond motifs is 1. The predicted octanol–water partition coefficient (Wildman–Crippen LogP) is 3.36. The minimum absolute atomic E-state index is 0.210. The van der Waals surface area contributed by atoms with Crippen LogP contribution in [0.5, 0.6) is 0 Å². The SMILES string of the molecule is Cc1ccc(-c2nc3c(c(C(C)C)n2)CCNC3)cc1F.